The zero-order valence-corrected chi connectivity index (χ0v) is 12.6. The van der Waals surface area contributed by atoms with Crippen LogP contribution >= 0.6 is 11.6 Å². The van der Waals surface area contributed by atoms with Gasteiger partial charge in [0.05, 0.1) is 11.0 Å². The van der Waals surface area contributed by atoms with Crippen molar-refractivity contribution in [2.75, 3.05) is 6.61 Å². The number of nitrogens with zero attached hydrogens (tertiary/aromatic N) is 2. The number of hydrogen-bond donors (Lipinski definition) is 1. The quantitative estimate of drug-likeness (QED) is 0.587. The Morgan fingerprint density at radius 1 is 1.30 bits per heavy atom. The molecule has 23 heavy (non-hydrogen) atoms. The third kappa shape index (κ3) is 3.28. The van der Waals surface area contributed by atoms with Crippen LogP contribution in [0.25, 0.3) is 22.2 Å². The van der Waals surface area contributed by atoms with Crippen molar-refractivity contribution in [2.24, 2.45) is 0 Å². The van der Waals surface area contributed by atoms with E-state index in [1.54, 1.807) is 18.2 Å². The Bertz CT molecular complexity index is 923. The summed E-state index contributed by atoms with van der Waals surface area (Å²) in [6, 6.07) is 15.9. The average molecular weight is 327 g/mol. The first-order valence-electron chi connectivity index (χ1n) is 6.68. The van der Waals surface area contributed by atoms with Crippen molar-refractivity contribution < 1.29 is 14.6 Å². The first kappa shape index (κ1) is 14.9. The summed E-state index contributed by atoms with van der Waals surface area (Å²) in [5.41, 5.74) is 4.04. The maximum Gasteiger partial charge on any atom is 0.341 e. The molecular weight excluding hydrogens is 316 g/mol. The van der Waals surface area contributed by atoms with E-state index >= 15 is 0 Å². The minimum Gasteiger partial charge on any atom is -0.479 e. The van der Waals surface area contributed by atoms with Crippen molar-refractivity contribution in [2.45, 2.75) is 0 Å². The van der Waals surface area contributed by atoms with Crippen molar-refractivity contribution in [3.05, 3.63) is 47.5 Å². The van der Waals surface area contributed by atoms with Crippen molar-refractivity contribution in [1.82, 2.24) is 9.55 Å². The molecule has 0 unspecified atom stereocenters. The van der Waals surface area contributed by atoms with Gasteiger partial charge in [-0.25, -0.2) is 9.36 Å². The third-order valence-electron chi connectivity index (χ3n) is 3.15. The Labute approximate surface area is 137 Å². The van der Waals surface area contributed by atoms with Crippen LogP contribution in [0.3, 0.4) is 0 Å². The van der Waals surface area contributed by atoms with Crippen LogP contribution in [0.1, 0.15) is 0 Å². The Hall–Kier alpha value is -2.97. The predicted octanol–water partition coefficient (Wildman–Crippen LogP) is 3.26. The second-order valence-electron chi connectivity index (χ2n) is 4.76. The SMILES string of the molecule is C#Cn1c(OCC(=O)O)nc2ccc(Cl)cc21.c1cc2cc-2c1. The lowest BCUT2D eigenvalue weighted by atomic mass is 10.3. The molecule has 0 spiro atoms. The maximum atomic E-state index is 10.4. The van der Waals surface area contributed by atoms with E-state index in [1.165, 1.54) is 15.7 Å². The Balaban J connectivity index is 0.000000213. The number of carboxylic acids is 1. The highest BCUT2D eigenvalue weighted by atomic mass is 35.5. The standard InChI is InChI=1S/C11H7ClN2O3.C6H4/c1-2-14-9-5-7(12)3-4-8(9)13-11(14)17-6-10(15)16;1-2-5-4-6(5)3-1/h1,3-5H,6H2,(H,15,16);1-4H. The molecular formula is C17H11ClN2O3. The molecule has 0 aliphatic heterocycles. The molecule has 2 aliphatic carbocycles. The van der Waals surface area contributed by atoms with Gasteiger partial charge < -0.3 is 9.84 Å². The Morgan fingerprint density at radius 3 is 2.57 bits per heavy atom. The number of aliphatic carboxylic acids is 1. The van der Waals surface area contributed by atoms with E-state index in [2.05, 4.69) is 35.3 Å². The number of aromatic nitrogens is 2. The van der Waals surface area contributed by atoms with Crippen molar-refractivity contribution in [3.63, 3.8) is 0 Å². The van der Waals surface area contributed by atoms with E-state index in [0.717, 1.165) is 0 Å². The van der Waals surface area contributed by atoms with Crippen LogP contribution in [0, 0.1) is 12.5 Å². The number of terminal acetylenes is 1. The fourth-order valence-corrected chi connectivity index (χ4v) is 2.22. The number of ether oxygens (including phenoxy) is 1. The van der Waals surface area contributed by atoms with Gasteiger partial charge in [-0.2, -0.15) is 4.98 Å². The number of fused-ring (bicyclic) bond motifs is 2. The van der Waals surface area contributed by atoms with Gasteiger partial charge in [0.15, 0.2) is 6.61 Å². The average Bonchev–Trinajstić information content (AvgIpc) is 2.98. The van der Waals surface area contributed by atoms with Crippen LogP contribution in [0.5, 0.6) is 6.01 Å². The van der Waals surface area contributed by atoms with Gasteiger partial charge in [0.2, 0.25) is 0 Å². The van der Waals surface area contributed by atoms with Gasteiger partial charge in [-0.05, 0) is 35.4 Å². The molecule has 1 heterocycles. The molecule has 2 aromatic rings. The number of rotatable bonds is 3. The molecule has 6 heteroatoms. The summed E-state index contributed by atoms with van der Waals surface area (Å²) in [6.45, 7) is -0.501. The molecule has 1 N–H and O–H groups in total. The molecule has 0 saturated carbocycles. The van der Waals surface area contributed by atoms with E-state index in [9.17, 15) is 4.79 Å². The first-order valence-corrected chi connectivity index (χ1v) is 7.06. The lowest BCUT2D eigenvalue weighted by Crippen LogP contribution is -2.11. The molecule has 0 radical (unpaired) electrons. The maximum absolute atomic E-state index is 10.4. The molecule has 114 valence electrons. The summed E-state index contributed by atoms with van der Waals surface area (Å²) >= 11 is 5.84. The Morgan fingerprint density at radius 2 is 2.04 bits per heavy atom. The van der Waals surface area contributed by atoms with Gasteiger partial charge in [-0.1, -0.05) is 36.2 Å². The van der Waals surface area contributed by atoms with Crippen LogP contribution in [-0.2, 0) is 4.79 Å². The molecule has 5 nitrogen and oxygen atoms in total. The molecule has 1 aromatic heterocycles. The van der Waals surface area contributed by atoms with Crippen LogP contribution in [0.4, 0.5) is 0 Å². The van der Waals surface area contributed by atoms with Gasteiger partial charge in [0.1, 0.15) is 0 Å². The molecule has 0 fully saturated rings. The van der Waals surface area contributed by atoms with E-state index in [0.29, 0.717) is 16.1 Å². The summed E-state index contributed by atoms with van der Waals surface area (Å²) in [7, 11) is 0. The monoisotopic (exact) mass is 326 g/mol. The predicted molar refractivity (Wildman–Crippen MR) is 87.5 cm³/mol. The lowest BCUT2D eigenvalue weighted by molar-refractivity contribution is -0.139. The van der Waals surface area contributed by atoms with Gasteiger partial charge in [-0.3, -0.25) is 0 Å². The zero-order chi connectivity index (χ0) is 16.4. The first-order chi connectivity index (χ1) is 11.1. The van der Waals surface area contributed by atoms with Gasteiger partial charge >= 0.3 is 12.0 Å². The van der Waals surface area contributed by atoms with E-state index in [1.807, 2.05) is 0 Å². The number of hydrogen-bond acceptors (Lipinski definition) is 3. The molecule has 4 rings (SSSR count). The van der Waals surface area contributed by atoms with E-state index < -0.39 is 12.6 Å². The Kier molecular flexibility index (Phi) is 3.92. The summed E-state index contributed by atoms with van der Waals surface area (Å²) in [5, 5.41) is 9.04. The highest BCUT2D eigenvalue weighted by Crippen LogP contribution is 2.32. The number of halogens is 1. The number of imidazole rings is 1. The number of benzene rings is 2. The molecule has 0 bridgehead atoms. The highest BCUT2D eigenvalue weighted by Gasteiger charge is 2.12. The van der Waals surface area contributed by atoms with Crippen LogP contribution in [0.2, 0.25) is 5.02 Å². The smallest absolute Gasteiger partial charge is 0.341 e. The topological polar surface area (TPSA) is 64.3 Å². The number of carboxylic acid groups (broad SMARTS) is 1. The minimum atomic E-state index is -1.10. The second-order valence-corrected chi connectivity index (χ2v) is 5.19. The summed E-state index contributed by atoms with van der Waals surface area (Å²) in [5.74, 6) is -1.10. The molecule has 1 aromatic carbocycles. The largest absolute Gasteiger partial charge is 0.479 e. The molecule has 0 amide bonds. The van der Waals surface area contributed by atoms with Crippen LogP contribution in [-0.4, -0.2) is 27.2 Å². The van der Waals surface area contributed by atoms with E-state index in [-0.39, 0.29) is 6.01 Å². The van der Waals surface area contributed by atoms with Crippen LogP contribution < -0.4 is 4.74 Å². The van der Waals surface area contributed by atoms with Crippen molar-refractivity contribution in [3.8, 4) is 29.6 Å². The highest BCUT2D eigenvalue weighted by molar-refractivity contribution is 6.31. The van der Waals surface area contributed by atoms with Gasteiger partial charge in [-0.15, -0.1) is 0 Å². The number of carbonyl (C=O) groups is 1. The summed E-state index contributed by atoms with van der Waals surface area (Å²) < 4.78 is 6.29. The van der Waals surface area contributed by atoms with Crippen molar-refractivity contribution in [1.29, 1.82) is 0 Å². The van der Waals surface area contributed by atoms with Crippen molar-refractivity contribution >= 4 is 28.6 Å². The molecule has 0 atom stereocenters. The van der Waals surface area contributed by atoms with Gasteiger partial charge in [0.25, 0.3) is 0 Å². The normalized spacial score (nSPS) is 10.4. The third-order valence-corrected chi connectivity index (χ3v) is 3.39. The van der Waals surface area contributed by atoms with Gasteiger partial charge in [0, 0.05) is 11.1 Å². The molecule has 2 aliphatic rings. The van der Waals surface area contributed by atoms with E-state index in [4.69, 9.17) is 27.9 Å². The zero-order valence-electron chi connectivity index (χ0n) is 11.9. The fraction of sp³-hybridized carbons (Fsp3) is 0.0588. The fourth-order valence-electron chi connectivity index (χ4n) is 2.05. The second kappa shape index (κ2) is 6.03. The minimum absolute atomic E-state index is 0.0622. The summed E-state index contributed by atoms with van der Waals surface area (Å²) in [4.78, 5) is 14.5. The summed E-state index contributed by atoms with van der Waals surface area (Å²) in [6.07, 6.45) is 5.32. The lowest BCUT2D eigenvalue weighted by Gasteiger charge is -2.00. The molecule has 0 saturated heterocycles. The van der Waals surface area contributed by atoms with Crippen LogP contribution in [0.15, 0.2) is 42.5 Å².